The number of carbonyl (C=O) groups is 1. The number of carbonyl (C=O) groups excluding carboxylic acids is 1. The van der Waals surface area contributed by atoms with Gasteiger partial charge in [0.15, 0.2) is 0 Å². The van der Waals surface area contributed by atoms with E-state index in [0.717, 1.165) is 32.3 Å². The molecule has 0 atom stereocenters. The Kier molecular flexibility index (Phi) is 5.01. The first kappa shape index (κ1) is 17.8. The van der Waals surface area contributed by atoms with E-state index in [1.54, 1.807) is 18.3 Å². The van der Waals surface area contributed by atoms with Crippen molar-refractivity contribution in [2.75, 3.05) is 11.9 Å². The molecule has 0 aliphatic heterocycles. The van der Waals surface area contributed by atoms with Crippen LogP contribution in [0.2, 0.25) is 0 Å². The molecule has 3 aromatic heterocycles. The zero-order chi connectivity index (χ0) is 18.1. The highest BCUT2D eigenvalue weighted by Crippen LogP contribution is 2.34. The second-order valence-corrected chi connectivity index (χ2v) is 8.07. The quantitative estimate of drug-likeness (QED) is 0.674. The molecule has 25 heavy (non-hydrogen) atoms. The first-order chi connectivity index (χ1) is 11.9. The van der Waals surface area contributed by atoms with Gasteiger partial charge in [-0.25, -0.2) is 19.7 Å². The third-order valence-corrected chi connectivity index (χ3v) is 5.88. The van der Waals surface area contributed by atoms with Crippen molar-refractivity contribution in [3.8, 4) is 0 Å². The molecule has 0 fully saturated rings. The lowest BCUT2D eigenvalue weighted by molar-refractivity contribution is 0.0531. The molecule has 132 valence electrons. The molecule has 3 heterocycles. The third-order valence-electron chi connectivity index (χ3n) is 3.79. The maximum absolute atomic E-state index is 12.2. The first-order valence-electron chi connectivity index (χ1n) is 8.02. The molecule has 0 radical (unpaired) electrons. The third kappa shape index (κ3) is 3.50. The minimum Gasteiger partial charge on any atom is -0.462 e. The van der Waals surface area contributed by atoms with E-state index in [9.17, 15) is 4.79 Å². The van der Waals surface area contributed by atoms with Gasteiger partial charge in [-0.15, -0.1) is 22.7 Å². The molecule has 6 nitrogen and oxygen atoms in total. The monoisotopic (exact) mass is 376 g/mol. The number of hydrogen-bond acceptors (Lipinski definition) is 8. The van der Waals surface area contributed by atoms with Gasteiger partial charge in [0.2, 0.25) is 0 Å². The summed E-state index contributed by atoms with van der Waals surface area (Å²) in [6, 6.07) is 0. The number of fused-ring (bicyclic) bond motifs is 1. The van der Waals surface area contributed by atoms with Crippen LogP contribution < -0.4 is 5.32 Å². The van der Waals surface area contributed by atoms with Crippen molar-refractivity contribution >= 4 is 44.7 Å². The number of nitrogens with zero attached hydrogens (tertiary/aromatic N) is 3. The van der Waals surface area contributed by atoms with Crippen LogP contribution in [0, 0.1) is 27.7 Å². The van der Waals surface area contributed by atoms with Gasteiger partial charge in [-0.1, -0.05) is 0 Å². The van der Waals surface area contributed by atoms with Crippen molar-refractivity contribution in [3.63, 3.8) is 0 Å². The maximum Gasteiger partial charge on any atom is 0.348 e. The molecular formula is C17H20N4O2S2. The van der Waals surface area contributed by atoms with Crippen molar-refractivity contribution in [2.24, 2.45) is 0 Å². The van der Waals surface area contributed by atoms with Crippen LogP contribution >= 0.6 is 22.7 Å². The number of anilines is 1. The summed E-state index contributed by atoms with van der Waals surface area (Å²) < 4.78 is 5.15. The van der Waals surface area contributed by atoms with Gasteiger partial charge in [-0.05, 0) is 40.2 Å². The lowest BCUT2D eigenvalue weighted by Crippen LogP contribution is -2.06. The Hall–Kier alpha value is -2.06. The molecule has 0 bridgehead atoms. The van der Waals surface area contributed by atoms with E-state index < -0.39 is 0 Å². The summed E-state index contributed by atoms with van der Waals surface area (Å²) in [4.78, 5) is 28.3. The summed E-state index contributed by atoms with van der Waals surface area (Å²) in [5.74, 6) is 1.09. The number of thiazole rings is 1. The van der Waals surface area contributed by atoms with Crippen LogP contribution in [-0.2, 0) is 11.3 Å². The van der Waals surface area contributed by atoms with Crippen LogP contribution in [0.1, 0.15) is 43.6 Å². The first-order valence-corrected chi connectivity index (χ1v) is 9.65. The summed E-state index contributed by atoms with van der Waals surface area (Å²) in [5, 5.41) is 5.30. The molecule has 0 spiro atoms. The molecular weight excluding hydrogens is 356 g/mol. The second-order valence-electron chi connectivity index (χ2n) is 5.67. The largest absolute Gasteiger partial charge is 0.462 e. The van der Waals surface area contributed by atoms with Crippen LogP contribution in [0.4, 0.5) is 5.82 Å². The van der Waals surface area contributed by atoms with E-state index in [0.29, 0.717) is 23.9 Å². The van der Waals surface area contributed by atoms with Gasteiger partial charge in [0.25, 0.3) is 0 Å². The fourth-order valence-electron chi connectivity index (χ4n) is 2.67. The lowest BCUT2D eigenvalue weighted by Gasteiger charge is -2.08. The maximum atomic E-state index is 12.2. The summed E-state index contributed by atoms with van der Waals surface area (Å²) >= 11 is 3.03. The summed E-state index contributed by atoms with van der Waals surface area (Å²) in [6.07, 6.45) is 0. The van der Waals surface area contributed by atoms with Gasteiger partial charge in [-0.3, -0.25) is 0 Å². The average molecular weight is 377 g/mol. The van der Waals surface area contributed by atoms with E-state index in [1.807, 2.05) is 20.8 Å². The highest BCUT2D eigenvalue weighted by molar-refractivity contribution is 7.20. The number of thiophene rings is 1. The molecule has 0 aliphatic rings. The second kappa shape index (κ2) is 7.05. The molecule has 0 unspecified atom stereocenters. The predicted molar refractivity (Wildman–Crippen MR) is 102 cm³/mol. The van der Waals surface area contributed by atoms with Gasteiger partial charge in [-0.2, -0.15) is 0 Å². The van der Waals surface area contributed by atoms with E-state index >= 15 is 0 Å². The Bertz CT molecular complexity index is 946. The van der Waals surface area contributed by atoms with Crippen molar-refractivity contribution in [3.05, 3.63) is 31.8 Å². The van der Waals surface area contributed by atoms with E-state index in [4.69, 9.17) is 4.74 Å². The van der Waals surface area contributed by atoms with Crippen molar-refractivity contribution < 1.29 is 9.53 Å². The fraction of sp³-hybridized carbons (Fsp3) is 0.412. The number of rotatable bonds is 5. The van der Waals surface area contributed by atoms with E-state index in [2.05, 4.69) is 27.2 Å². The molecule has 0 amide bonds. The van der Waals surface area contributed by atoms with Gasteiger partial charge in [0.05, 0.1) is 29.2 Å². The fourth-order valence-corrected chi connectivity index (χ4v) is 4.62. The summed E-state index contributed by atoms with van der Waals surface area (Å²) in [7, 11) is 0. The highest BCUT2D eigenvalue weighted by Gasteiger charge is 2.21. The van der Waals surface area contributed by atoms with Gasteiger partial charge in [0, 0.05) is 4.88 Å². The molecule has 0 saturated carbocycles. The summed E-state index contributed by atoms with van der Waals surface area (Å²) in [5.41, 5.74) is 1.87. The van der Waals surface area contributed by atoms with Crippen LogP contribution in [0.5, 0.6) is 0 Å². The molecule has 0 saturated heterocycles. The SMILES string of the molecule is CCOC(=O)c1sc2nc(C)nc(NCc3nc(C)sc3C)c2c1C. The smallest absolute Gasteiger partial charge is 0.348 e. The summed E-state index contributed by atoms with van der Waals surface area (Å²) in [6.45, 7) is 10.6. The minimum atomic E-state index is -0.308. The van der Waals surface area contributed by atoms with Gasteiger partial charge >= 0.3 is 5.97 Å². The van der Waals surface area contributed by atoms with Crippen molar-refractivity contribution in [2.45, 2.75) is 41.2 Å². The molecule has 8 heteroatoms. The predicted octanol–water partition coefficient (Wildman–Crippen LogP) is 4.17. The molecule has 1 N–H and O–H groups in total. The Morgan fingerprint density at radius 3 is 2.52 bits per heavy atom. The highest BCUT2D eigenvalue weighted by atomic mass is 32.1. The number of aryl methyl sites for hydroxylation is 4. The molecule has 3 aromatic rings. The lowest BCUT2D eigenvalue weighted by atomic mass is 10.2. The Morgan fingerprint density at radius 1 is 1.12 bits per heavy atom. The van der Waals surface area contributed by atoms with E-state index in [-0.39, 0.29) is 5.97 Å². The van der Waals surface area contributed by atoms with Crippen LogP contribution in [0.3, 0.4) is 0 Å². The number of hydrogen-bond donors (Lipinski definition) is 1. The molecule has 0 aliphatic carbocycles. The zero-order valence-corrected chi connectivity index (χ0v) is 16.5. The Morgan fingerprint density at radius 2 is 1.88 bits per heavy atom. The number of ether oxygens (including phenoxy) is 1. The molecule has 0 aromatic carbocycles. The van der Waals surface area contributed by atoms with Crippen LogP contribution in [-0.4, -0.2) is 27.5 Å². The number of aromatic nitrogens is 3. The standard InChI is InChI=1S/C17H20N4O2S2/c1-6-23-17(22)14-8(2)13-15(19-10(4)20-16(13)25-14)18-7-12-9(3)24-11(5)21-12/h6-7H2,1-5H3,(H,18,19,20). The number of nitrogens with one attached hydrogen (secondary N) is 1. The van der Waals surface area contributed by atoms with Gasteiger partial charge in [0.1, 0.15) is 21.3 Å². The Balaban J connectivity index is 1.99. The zero-order valence-electron chi connectivity index (χ0n) is 14.9. The average Bonchev–Trinajstić information content (AvgIpc) is 3.04. The minimum absolute atomic E-state index is 0.308. The van der Waals surface area contributed by atoms with E-state index in [1.165, 1.54) is 16.2 Å². The van der Waals surface area contributed by atoms with Crippen LogP contribution in [0.25, 0.3) is 10.2 Å². The van der Waals surface area contributed by atoms with Crippen molar-refractivity contribution in [1.29, 1.82) is 0 Å². The number of esters is 1. The topological polar surface area (TPSA) is 77.0 Å². The van der Waals surface area contributed by atoms with Crippen LogP contribution in [0.15, 0.2) is 0 Å². The Labute approximate surface area is 154 Å². The normalized spacial score (nSPS) is 11.1. The molecule has 3 rings (SSSR count). The van der Waals surface area contributed by atoms with Crippen molar-refractivity contribution in [1.82, 2.24) is 15.0 Å². The van der Waals surface area contributed by atoms with Gasteiger partial charge < -0.3 is 10.1 Å².